The van der Waals surface area contributed by atoms with E-state index in [1.165, 1.54) is 0 Å². The number of carbonyl (C=O) groups is 2. The molecule has 0 aliphatic carbocycles. The molecule has 0 radical (unpaired) electrons. The summed E-state index contributed by atoms with van der Waals surface area (Å²) in [6, 6.07) is 10.5. The van der Waals surface area contributed by atoms with Gasteiger partial charge in [-0.15, -0.1) is 0 Å². The molecule has 2 aliphatic heterocycles. The third kappa shape index (κ3) is 4.29. The minimum Gasteiger partial charge on any atom is -0.493 e. The molecule has 2 aromatic rings. The Balaban J connectivity index is 1.75. The molecule has 2 unspecified atom stereocenters. The molecule has 9 nitrogen and oxygen atoms in total. The van der Waals surface area contributed by atoms with Crippen molar-refractivity contribution in [2.24, 2.45) is 5.73 Å². The number of benzene rings is 2. The second kappa shape index (κ2) is 8.96. The average Bonchev–Trinajstić information content (AvgIpc) is 3.43. The number of amides is 1. The van der Waals surface area contributed by atoms with Crippen LogP contribution in [0.3, 0.4) is 0 Å². The van der Waals surface area contributed by atoms with Crippen molar-refractivity contribution >= 4 is 12.1 Å². The van der Waals surface area contributed by atoms with Crippen LogP contribution in [0.2, 0.25) is 0 Å². The smallest absolute Gasteiger partial charge is 0.405 e. The lowest BCUT2D eigenvalue weighted by molar-refractivity contribution is -0.159. The fraction of sp³-hybridized carbons (Fsp3) is 0.391. The van der Waals surface area contributed by atoms with Crippen LogP contribution < -0.4 is 19.9 Å². The second-order valence-corrected chi connectivity index (χ2v) is 7.66. The zero-order valence-corrected chi connectivity index (χ0v) is 17.7. The van der Waals surface area contributed by atoms with Crippen molar-refractivity contribution in [3.05, 3.63) is 53.1 Å². The molecule has 2 heterocycles. The second-order valence-electron chi connectivity index (χ2n) is 7.66. The van der Waals surface area contributed by atoms with Crippen LogP contribution in [0.15, 0.2) is 36.4 Å². The number of carboxylic acids is 1. The molecule has 170 valence electrons. The van der Waals surface area contributed by atoms with E-state index in [9.17, 15) is 14.7 Å². The Morgan fingerprint density at radius 3 is 2.69 bits per heavy atom. The number of aliphatic carboxylic acids is 1. The fourth-order valence-corrected chi connectivity index (χ4v) is 4.11. The zero-order valence-electron chi connectivity index (χ0n) is 17.7. The maximum absolute atomic E-state index is 11.9. The quantitative estimate of drug-likeness (QED) is 0.637. The monoisotopic (exact) mass is 443 g/mol. The van der Waals surface area contributed by atoms with Gasteiger partial charge in [0.15, 0.2) is 23.2 Å². The Morgan fingerprint density at radius 2 is 2.00 bits per heavy atom. The van der Waals surface area contributed by atoms with E-state index in [2.05, 4.69) is 0 Å². The first-order valence-corrected chi connectivity index (χ1v) is 10.4. The lowest BCUT2D eigenvalue weighted by Gasteiger charge is -2.25. The van der Waals surface area contributed by atoms with Crippen molar-refractivity contribution in [1.29, 1.82) is 0 Å². The van der Waals surface area contributed by atoms with Gasteiger partial charge in [0.25, 0.3) is 0 Å². The highest BCUT2D eigenvalue weighted by molar-refractivity contribution is 5.78. The molecule has 0 spiro atoms. The lowest BCUT2D eigenvalue weighted by atomic mass is 9.89. The van der Waals surface area contributed by atoms with Gasteiger partial charge in [-0.1, -0.05) is 12.1 Å². The Morgan fingerprint density at radius 1 is 1.19 bits per heavy atom. The molecule has 0 aromatic heterocycles. The first kappa shape index (κ1) is 21.8. The van der Waals surface area contributed by atoms with Gasteiger partial charge in [0.05, 0.1) is 6.61 Å². The fourth-order valence-electron chi connectivity index (χ4n) is 4.11. The molecule has 2 aliphatic rings. The highest BCUT2D eigenvalue weighted by Crippen LogP contribution is 2.40. The van der Waals surface area contributed by atoms with Gasteiger partial charge in [-0.3, -0.25) is 0 Å². The number of ether oxygens (including phenoxy) is 5. The van der Waals surface area contributed by atoms with Gasteiger partial charge in [0, 0.05) is 24.2 Å². The van der Waals surface area contributed by atoms with Crippen LogP contribution in [-0.2, 0) is 20.7 Å². The van der Waals surface area contributed by atoms with Gasteiger partial charge in [-0.05, 0) is 49.6 Å². The van der Waals surface area contributed by atoms with Crippen LogP contribution in [0, 0.1) is 0 Å². The van der Waals surface area contributed by atoms with Crippen LogP contribution >= 0.6 is 0 Å². The highest BCUT2D eigenvalue weighted by Gasteiger charge is 2.43. The van der Waals surface area contributed by atoms with Crippen molar-refractivity contribution in [1.82, 2.24) is 0 Å². The third-order valence-corrected chi connectivity index (χ3v) is 5.57. The Kier molecular flexibility index (Phi) is 6.09. The van der Waals surface area contributed by atoms with Crippen LogP contribution in [0.25, 0.3) is 0 Å². The Hall–Kier alpha value is -3.46. The number of rotatable bonds is 8. The van der Waals surface area contributed by atoms with Crippen molar-refractivity contribution in [3.63, 3.8) is 0 Å². The molecular formula is C23H25NO8. The summed E-state index contributed by atoms with van der Waals surface area (Å²) in [4.78, 5) is 23.7. The molecule has 1 amide bonds. The van der Waals surface area contributed by atoms with Crippen molar-refractivity contribution in [2.45, 2.75) is 37.9 Å². The van der Waals surface area contributed by atoms with Crippen LogP contribution in [0.4, 0.5) is 4.79 Å². The topological polar surface area (TPSA) is 127 Å². The molecule has 1 saturated heterocycles. The molecule has 2 atom stereocenters. The first-order valence-electron chi connectivity index (χ1n) is 10.4. The molecule has 32 heavy (non-hydrogen) atoms. The van der Waals surface area contributed by atoms with E-state index in [0.717, 1.165) is 0 Å². The summed E-state index contributed by atoms with van der Waals surface area (Å²) in [5, 5.41) is 9.77. The summed E-state index contributed by atoms with van der Waals surface area (Å²) < 4.78 is 27.7. The number of fused-ring (bicyclic) bond motifs is 1. The zero-order chi connectivity index (χ0) is 22.7. The van der Waals surface area contributed by atoms with Gasteiger partial charge in [0.2, 0.25) is 6.79 Å². The SMILES string of the molecule is CCOc1ccc(CC2(C(=O)O)CCCO2)cc1C(OC(N)=O)c1ccc2c(c1)OCO2. The molecule has 4 rings (SSSR count). The average molecular weight is 443 g/mol. The molecule has 0 saturated carbocycles. The molecule has 0 bridgehead atoms. The van der Waals surface area contributed by atoms with E-state index in [4.69, 9.17) is 29.4 Å². The third-order valence-electron chi connectivity index (χ3n) is 5.57. The minimum absolute atomic E-state index is 0.108. The van der Waals surface area contributed by atoms with Gasteiger partial charge in [-0.2, -0.15) is 0 Å². The van der Waals surface area contributed by atoms with Crippen molar-refractivity contribution < 1.29 is 38.4 Å². The van der Waals surface area contributed by atoms with Crippen LogP contribution in [0.5, 0.6) is 17.2 Å². The minimum atomic E-state index is -1.27. The van der Waals surface area contributed by atoms with Crippen molar-refractivity contribution in [2.75, 3.05) is 20.0 Å². The largest absolute Gasteiger partial charge is 0.493 e. The van der Waals surface area contributed by atoms with Crippen LogP contribution in [-0.4, -0.2) is 42.8 Å². The molecule has 9 heteroatoms. The number of nitrogens with two attached hydrogens (primary N) is 1. The summed E-state index contributed by atoms with van der Waals surface area (Å²) in [6.45, 7) is 2.74. The Labute approximate surface area is 185 Å². The van der Waals surface area contributed by atoms with Gasteiger partial charge < -0.3 is 34.5 Å². The molecule has 1 fully saturated rings. The number of carboxylic acid groups (broad SMARTS) is 1. The standard InChI is InChI=1S/C23H25NO8/c1-2-28-17-6-4-14(12-23(21(25)26)8-3-9-31-23)10-16(17)20(32-22(24)27)15-5-7-18-19(11-15)30-13-29-18/h4-7,10-11,20H,2-3,8-9,12-13H2,1H3,(H2,24,27)(H,25,26). The number of hydrogen-bond donors (Lipinski definition) is 2. The van der Waals surface area contributed by atoms with E-state index in [1.54, 1.807) is 36.4 Å². The number of primary amides is 1. The summed E-state index contributed by atoms with van der Waals surface area (Å²) in [6.07, 6.45) is -0.572. The first-order chi connectivity index (χ1) is 15.4. The van der Waals surface area contributed by atoms with Gasteiger partial charge in [-0.25, -0.2) is 9.59 Å². The summed E-state index contributed by atoms with van der Waals surface area (Å²) in [7, 11) is 0. The van der Waals surface area contributed by atoms with Gasteiger partial charge in [0.1, 0.15) is 5.75 Å². The van der Waals surface area contributed by atoms with E-state index in [0.29, 0.717) is 60.0 Å². The van der Waals surface area contributed by atoms with E-state index in [1.807, 2.05) is 6.92 Å². The Bertz CT molecular complexity index is 1020. The predicted octanol–water partition coefficient (Wildman–Crippen LogP) is 3.18. The summed E-state index contributed by atoms with van der Waals surface area (Å²) >= 11 is 0. The van der Waals surface area contributed by atoms with Crippen LogP contribution in [0.1, 0.15) is 42.6 Å². The maximum atomic E-state index is 11.9. The number of carbonyl (C=O) groups excluding carboxylic acids is 1. The highest BCUT2D eigenvalue weighted by atomic mass is 16.7. The van der Waals surface area contributed by atoms with Gasteiger partial charge >= 0.3 is 12.1 Å². The molecular weight excluding hydrogens is 418 g/mol. The number of hydrogen-bond acceptors (Lipinski definition) is 7. The predicted molar refractivity (Wildman–Crippen MR) is 112 cm³/mol. The summed E-state index contributed by atoms with van der Waals surface area (Å²) in [5.41, 5.74) is 5.97. The molecule has 2 aromatic carbocycles. The van der Waals surface area contributed by atoms with E-state index in [-0.39, 0.29) is 13.2 Å². The normalized spacial score (nSPS) is 20.0. The lowest BCUT2D eigenvalue weighted by Crippen LogP contribution is -2.40. The maximum Gasteiger partial charge on any atom is 0.405 e. The van der Waals surface area contributed by atoms with E-state index < -0.39 is 23.8 Å². The van der Waals surface area contributed by atoms with E-state index >= 15 is 0 Å². The summed E-state index contributed by atoms with van der Waals surface area (Å²) in [5.74, 6) is 0.619. The molecule has 3 N–H and O–H groups in total. The van der Waals surface area contributed by atoms with Crippen molar-refractivity contribution in [3.8, 4) is 17.2 Å².